The molecule has 0 fully saturated rings. The van der Waals surface area contributed by atoms with Crippen LogP contribution >= 0.6 is 11.6 Å². The first-order chi connectivity index (χ1) is 10.1. The SMILES string of the molecule is CNCC(Cc1ccccc1F)Cc1c(F)cccc1Cl. The van der Waals surface area contributed by atoms with Gasteiger partial charge in [-0.2, -0.15) is 0 Å². The Kier molecular flexibility index (Phi) is 5.71. The third-order valence-corrected chi connectivity index (χ3v) is 3.87. The van der Waals surface area contributed by atoms with Crippen LogP contribution in [0, 0.1) is 17.6 Å². The van der Waals surface area contributed by atoms with E-state index in [4.69, 9.17) is 11.6 Å². The minimum atomic E-state index is -0.308. The predicted octanol–water partition coefficient (Wildman–Crippen LogP) is 4.24. The molecule has 2 aromatic carbocycles. The second-order valence-corrected chi connectivity index (χ2v) is 5.53. The van der Waals surface area contributed by atoms with E-state index in [0.717, 1.165) is 0 Å². The van der Waals surface area contributed by atoms with Crippen LogP contribution in [-0.2, 0) is 12.8 Å². The fourth-order valence-corrected chi connectivity index (χ4v) is 2.74. The summed E-state index contributed by atoms with van der Waals surface area (Å²) in [7, 11) is 1.83. The van der Waals surface area contributed by atoms with Crippen molar-refractivity contribution >= 4 is 11.6 Å². The molecule has 0 saturated heterocycles. The summed E-state index contributed by atoms with van der Waals surface area (Å²) < 4.78 is 27.7. The van der Waals surface area contributed by atoms with Gasteiger partial charge in [-0.3, -0.25) is 0 Å². The first-order valence-electron chi connectivity index (χ1n) is 6.92. The van der Waals surface area contributed by atoms with E-state index in [9.17, 15) is 8.78 Å². The van der Waals surface area contributed by atoms with Crippen molar-refractivity contribution in [3.05, 3.63) is 70.2 Å². The Balaban J connectivity index is 2.18. The lowest BCUT2D eigenvalue weighted by Crippen LogP contribution is -2.23. The fourth-order valence-electron chi connectivity index (χ4n) is 2.50. The predicted molar refractivity (Wildman–Crippen MR) is 82.6 cm³/mol. The normalized spacial score (nSPS) is 12.4. The van der Waals surface area contributed by atoms with E-state index in [1.165, 1.54) is 12.1 Å². The molecule has 0 aromatic heterocycles. The van der Waals surface area contributed by atoms with Gasteiger partial charge in [-0.1, -0.05) is 35.9 Å². The molecule has 0 saturated carbocycles. The van der Waals surface area contributed by atoms with Crippen molar-refractivity contribution in [2.24, 2.45) is 5.92 Å². The Hall–Kier alpha value is -1.45. The average Bonchev–Trinajstić information content (AvgIpc) is 2.45. The molecule has 112 valence electrons. The van der Waals surface area contributed by atoms with E-state index < -0.39 is 0 Å². The molecule has 1 atom stereocenters. The number of hydrogen-bond acceptors (Lipinski definition) is 1. The van der Waals surface area contributed by atoms with E-state index in [-0.39, 0.29) is 17.6 Å². The Morgan fingerprint density at radius 2 is 1.71 bits per heavy atom. The van der Waals surface area contributed by atoms with Gasteiger partial charge in [0.1, 0.15) is 11.6 Å². The first-order valence-corrected chi connectivity index (χ1v) is 7.30. The largest absolute Gasteiger partial charge is 0.319 e. The van der Waals surface area contributed by atoms with Gasteiger partial charge in [0.15, 0.2) is 0 Å². The molecule has 0 spiro atoms. The van der Waals surface area contributed by atoms with Gasteiger partial charge in [-0.05, 0) is 56.1 Å². The van der Waals surface area contributed by atoms with Crippen LogP contribution in [0.3, 0.4) is 0 Å². The molecule has 0 radical (unpaired) electrons. The van der Waals surface area contributed by atoms with Crippen molar-refractivity contribution in [3.8, 4) is 0 Å². The standard InChI is InChI=1S/C17H18ClF2N/c1-21-11-12(9-13-5-2-3-7-16(13)19)10-14-15(18)6-4-8-17(14)20/h2-8,12,21H,9-11H2,1H3. The molecule has 1 unspecified atom stereocenters. The zero-order chi connectivity index (χ0) is 15.2. The van der Waals surface area contributed by atoms with Crippen molar-refractivity contribution in [3.63, 3.8) is 0 Å². The van der Waals surface area contributed by atoms with Gasteiger partial charge in [0.25, 0.3) is 0 Å². The van der Waals surface area contributed by atoms with Gasteiger partial charge in [0.05, 0.1) is 0 Å². The van der Waals surface area contributed by atoms with Crippen LogP contribution < -0.4 is 5.32 Å². The summed E-state index contributed by atoms with van der Waals surface area (Å²) in [5.41, 5.74) is 1.14. The maximum atomic E-state index is 13.9. The van der Waals surface area contributed by atoms with E-state index >= 15 is 0 Å². The molecule has 0 heterocycles. The Bertz CT molecular complexity index is 581. The average molecular weight is 310 g/mol. The summed E-state index contributed by atoms with van der Waals surface area (Å²) in [6.07, 6.45) is 1.01. The Morgan fingerprint density at radius 3 is 2.38 bits per heavy atom. The molecule has 1 nitrogen and oxygen atoms in total. The minimum Gasteiger partial charge on any atom is -0.319 e. The highest BCUT2D eigenvalue weighted by molar-refractivity contribution is 6.31. The van der Waals surface area contributed by atoms with E-state index in [1.54, 1.807) is 24.3 Å². The third kappa shape index (κ3) is 4.26. The monoisotopic (exact) mass is 309 g/mol. The fraction of sp³-hybridized carbons (Fsp3) is 0.294. The number of benzene rings is 2. The van der Waals surface area contributed by atoms with Gasteiger partial charge in [0.2, 0.25) is 0 Å². The maximum Gasteiger partial charge on any atom is 0.127 e. The molecule has 21 heavy (non-hydrogen) atoms. The highest BCUT2D eigenvalue weighted by Crippen LogP contribution is 2.24. The molecule has 1 N–H and O–H groups in total. The number of halogens is 3. The van der Waals surface area contributed by atoms with Gasteiger partial charge in [0, 0.05) is 10.6 Å². The Morgan fingerprint density at radius 1 is 1.00 bits per heavy atom. The lowest BCUT2D eigenvalue weighted by molar-refractivity contribution is 0.469. The summed E-state index contributed by atoms with van der Waals surface area (Å²) in [5.74, 6) is -0.461. The molecule has 0 aliphatic carbocycles. The van der Waals surface area contributed by atoms with Crippen molar-refractivity contribution in [1.82, 2.24) is 5.32 Å². The molecule has 0 aliphatic heterocycles. The van der Waals surface area contributed by atoms with Crippen LogP contribution in [0.4, 0.5) is 8.78 Å². The second kappa shape index (κ2) is 7.53. The smallest absolute Gasteiger partial charge is 0.127 e. The zero-order valence-corrected chi connectivity index (χ0v) is 12.6. The highest BCUT2D eigenvalue weighted by Gasteiger charge is 2.16. The van der Waals surface area contributed by atoms with E-state index in [2.05, 4.69) is 5.32 Å². The van der Waals surface area contributed by atoms with Crippen molar-refractivity contribution in [2.45, 2.75) is 12.8 Å². The van der Waals surface area contributed by atoms with E-state index in [1.807, 2.05) is 13.1 Å². The molecular formula is C17H18ClF2N. The number of hydrogen-bond donors (Lipinski definition) is 1. The summed E-state index contributed by atoms with van der Waals surface area (Å²) in [6.45, 7) is 0.666. The molecule has 4 heteroatoms. The van der Waals surface area contributed by atoms with Crippen LogP contribution in [-0.4, -0.2) is 13.6 Å². The highest BCUT2D eigenvalue weighted by atomic mass is 35.5. The lowest BCUT2D eigenvalue weighted by Gasteiger charge is -2.18. The second-order valence-electron chi connectivity index (χ2n) is 5.12. The van der Waals surface area contributed by atoms with Crippen LogP contribution in [0.5, 0.6) is 0 Å². The molecule has 2 aromatic rings. The number of rotatable bonds is 6. The molecule has 0 bridgehead atoms. The van der Waals surface area contributed by atoms with Gasteiger partial charge < -0.3 is 5.32 Å². The molecule has 2 rings (SSSR count). The topological polar surface area (TPSA) is 12.0 Å². The van der Waals surface area contributed by atoms with Crippen LogP contribution in [0.25, 0.3) is 0 Å². The molecular weight excluding hydrogens is 292 g/mol. The molecule has 0 aliphatic rings. The molecule has 0 amide bonds. The third-order valence-electron chi connectivity index (χ3n) is 3.51. The van der Waals surface area contributed by atoms with Crippen LogP contribution in [0.1, 0.15) is 11.1 Å². The maximum absolute atomic E-state index is 13.9. The first kappa shape index (κ1) is 15.9. The van der Waals surface area contributed by atoms with Crippen molar-refractivity contribution in [1.29, 1.82) is 0 Å². The number of nitrogens with one attached hydrogen (secondary N) is 1. The summed E-state index contributed by atoms with van der Waals surface area (Å²) in [5, 5.41) is 3.50. The van der Waals surface area contributed by atoms with Gasteiger partial charge in [-0.15, -0.1) is 0 Å². The van der Waals surface area contributed by atoms with E-state index in [0.29, 0.717) is 35.5 Å². The van der Waals surface area contributed by atoms with Crippen LogP contribution in [0.2, 0.25) is 5.02 Å². The van der Waals surface area contributed by atoms with Crippen LogP contribution in [0.15, 0.2) is 42.5 Å². The summed E-state index contributed by atoms with van der Waals surface area (Å²) >= 11 is 6.07. The van der Waals surface area contributed by atoms with Crippen molar-refractivity contribution in [2.75, 3.05) is 13.6 Å². The zero-order valence-electron chi connectivity index (χ0n) is 11.9. The summed E-state index contributed by atoms with van der Waals surface area (Å²) in [4.78, 5) is 0. The van der Waals surface area contributed by atoms with Crippen molar-refractivity contribution < 1.29 is 8.78 Å². The van der Waals surface area contributed by atoms with Gasteiger partial charge in [-0.25, -0.2) is 8.78 Å². The summed E-state index contributed by atoms with van der Waals surface area (Å²) in [6, 6.07) is 11.4. The lowest BCUT2D eigenvalue weighted by atomic mass is 9.92. The Labute approximate surface area is 128 Å². The van der Waals surface area contributed by atoms with Gasteiger partial charge >= 0.3 is 0 Å². The quantitative estimate of drug-likeness (QED) is 0.841. The minimum absolute atomic E-state index is 0.0706.